The van der Waals surface area contributed by atoms with E-state index in [9.17, 15) is 4.79 Å². The molecule has 3 rings (SSSR count). The number of hydrogen-bond acceptors (Lipinski definition) is 4. The van der Waals surface area contributed by atoms with E-state index >= 15 is 0 Å². The fourth-order valence-corrected chi connectivity index (χ4v) is 3.12. The predicted molar refractivity (Wildman–Crippen MR) is 99.5 cm³/mol. The summed E-state index contributed by atoms with van der Waals surface area (Å²) in [7, 11) is 0. The Bertz CT molecular complexity index is 696. The van der Waals surface area contributed by atoms with E-state index < -0.39 is 0 Å². The number of benzene rings is 1. The molecule has 0 spiro atoms. The minimum Gasteiger partial charge on any atom is -0.337 e. The highest BCUT2D eigenvalue weighted by Gasteiger charge is 2.23. The van der Waals surface area contributed by atoms with Gasteiger partial charge in [-0.3, -0.25) is 4.79 Å². The molecule has 1 aliphatic rings. The lowest BCUT2D eigenvalue weighted by Gasteiger charge is -2.30. The van der Waals surface area contributed by atoms with Gasteiger partial charge in [0.05, 0.1) is 0 Å². The lowest BCUT2D eigenvalue weighted by Crippen LogP contribution is -2.38. The molecule has 0 saturated carbocycles. The molecule has 5 nitrogen and oxygen atoms in total. The minimum absolute atomic E-state index is 0.0197. The number of nitrogens with zero attached hydrogens (tertiary/aromatic N) is 4. The third-order valence-electron chi connectivity index (χ3n) is 4.81. The Morgan fingerprint density at radius 2 is 1.92 bits per heavy atom. The summed E-state index contributed by atoms with van der Waals surface area (Å²) >= 11 is 0. The van der Waals surface area contributed by atoms with Crippen molar-refractivity contribution >= 4 is 11.9 Å². The van der Waals surface area contributed by atoms with E-state index in [0.717, 1.165) is 39.0 Å². The zero-order valence-electron chi connectivity index (χ0n) is 15.1. The number of likely N-dealkylation sites (tertiary alicyclic amines) is 1. The van der Waals surface area contributed by atoms with Crippen molar-refractivity contribution in [3.8, 4) is 0 Å². The zero-order chi connectivity index (χ0) is 17.6. The lowest BCUT2D eigenvalue weighted by atomic mass is 9.99. The monoisotopic (exact) mass is 338 g/mol. The van der Waals surface area contributed by atoms with E-state index in [0.29, 0.717) is 17.6 Å². The Kier molecular flexibility index (Phi) is 5.64. The van der Waals surface area contributed by atoms with E-state index in [1.807, 2.05) is 23.1 Å². The maximum Gasteiger partial charge on any atom is 0.272 e. The van der Waals surface area contributed by atoms with Crippen LogP contribution in [-0.4, -0.2) is 40.4 Å². The van der Waals surface area contributed by atoms with Gasteiger partial charge < -0.3 is 9.80 Å². The number of carbonyl (C=O) groups is 1. The molecule has 1 amide bonds. The van der Waals surface area contributed by atoms with Gasteiger partial charge in [0.25, 0.3) is 5.91 Å². The SMILES string of the molecule is CCN(Cc1ccccc1)c1nccc(C(=O)N2CCC(C)CC2)n1. The summed E-state index contributed by atoms with van der Waals surface area (Å²) in [4.78, 5) is 25.7. The summed E-state index contributed by atoms with van der Waals surface area (Å²) in [6.07, 6.45) is 3.83. The van der Waals surface area contributed by atoms with Crippen LogP contribution in [0.15, 0.2) is 42.6 Å². The number of amides is 1. The van der Waals surface area contributed by atoms with Crippen LogP contribution in [0.3, 0.4) is 0 Å². The highest BCUT2D eigenvalue weighted by molar-refractivity contribution is 5.92. The summed E-state index contributed by atoms with van der Waals surface area (Å²) in [6, 6.07) is 12.0. The number of rotatable bonds is 5. The van der Waals surface area contributed by atoms with Crippen LogP contribution in [-0.2, 0) is 6.54 Å². The molecule has 0 unspecified atom stereocenters. The molecular weight excluding hydrogens is 312 g/mol. The molecule has 0 bridgehead atoms. The van der Waals surface area contributed by atoms with Crippen molar-refractivity contribution in [1.82, 2.24) is 14.9 Å². The molecule has 132 valence electrons. The Morgan fingerprint density at radius 3 is 2.60 bits per heavy atom. The third kappa shape index (κ3) is 4.35. The molecule has 0 N–H and O–H groups in total. The molecule has 1 aromatic carbocycles. The van der Waals surface area contributed by atoms with Gasteiger partial charge >= 0.3 is 0 Å². The number of hydrogen-bond donors (Lipinski definition) is 0. The minimum atomic E-state index is 0.0197. The van der Waals surface area contributed by atoms with Crippen molar-refractivity contribution < 1.29 is 4.79 Å². The summed E-state index contributed by atoms with van der Waals surface area (Å²) < 4.78 is 0. The fraction of sp³-hybridized carbons (Fsp3) is 0.450. The van der Waals surface area contributed by atoms with Gasteiger partial charge in [-0.25, -0.2) is 9.97 Å². The number of carbonyl (C=O) groups excluding carboxylic acids is 1. The maximum absolute atomic E-state index is 12.7. The highest BCUT2D eigenvalue weighted by atomic mass is 16.2. The molecule has 0 aliphatic carbocycles. The van der Waals surface area contributed by atoms with Crippen LogP contribution in [0, 0.1) is 5.92 Å². The second kappa shape index (κ2) is 8.10. The standard InChI is InChI=1S/C20H26N4O/c1-3-23(15-17-7-5-4-6-8-17)20-21-12-9-18(22-20)19(25)24-13-10-16(2)11-14-24/h4-9,12,16H,3,10-11,13-15H2,1-2H3. The average molecular weight is 338 g/mol. The third-order valence-corrected chi connectivity index (χ3v) is 4.81. The molecule has 0 radical (unpaired) electrons. The number of piperidine rings is 1. The molecular formula is C20H26N4O. The van der Waals surface area contributed by atoms with Crippen molar-refractivity contribution in [2.45, 2.75) is 33.2 Å². The van der Waals surface area contributed by atoms with E-state index in [1.54, 1.807) is 12.3 Å². The van der Waals surface area contributed by atoms with E-state index in [-0.39, 0.29) is 5.91 Å². The first-order valence-corrected chi connectivity index (χ1v) is 9.08. The maximum atomic E-state index is 12.7. The van der Waals surface area contributed by atoms with Crippen molar-refractivity contribution in [2.24, 2.45) is 5.92 Å². The Balaban J connectivity index is 1.74. The summed E-state index contributed by atoms with van der Waals surface area (Å²) in [5.74, 6) is 1.33. The number of anilines is 1. The van der Waals surface area contributed by atoms with E-state index in [4.69, 9.17) is 0 Å². The van der Waals surface area contributed by atoms with Gasteiger partial charge in [0.15, 0.2) is 0 Å². The van der Waals surface area contributed by atoms with Crippen LogP contribution in [0.5, 0.6) is 0 Å². The second-order valence-corrected chi connectivity index (χ2v) is 6.72. The fourth-order valence-electron chi connectivity index (χ4n) is 3.12. The summed E-state index contributed by atoms with van der Waals surface area (Å²) in [5.41, 5.74) is 1.70. The molecule has 25 heavy (non-hydrogen) atoms. The van der Waals surface area contributed by atoms with Crippen LogP contribution >= 0.6 is 0 Å². The van der Waals surface area contributed by atoms with E-state index in [1.165, 1.54) is 5.56 Å². The second-order valence-electron chi connectivity index (χ2n) is 6.72. The van der Waals surface area contributed by atoms with Gasteiger partial charge in [0, 0.05) is 32.4 Å². The smallest absolute Gasteiger partial charge is 0.272 e. The zero-order valence-corrected chi connectivity index (χ0v) is 15.1. The molecule has 0 atom stereocenters. The Labute approximate surface area is 149 Å². The van der Waals surface area contributed by atoms with Gasteiger partial charge in [0.1, 0.15) is 5.69 Å². The lowest BCUT2D eigenvalue weighted by molar-refractivity contribution is 0.0691. The van der Waals surface area contributed by atoms with Gasteiger partial charge in [0.2, 0.25) is 5.95 Å². The first-order chi connectivity index (χ1) is 12.2. The van der Waals surface area contributed by atoms with Crippen LogP contribution in [0.2, 0.25) is 0 Å². The molecule has 2 heterocycles. The van der Waals surface area contributed by atoms with Crippen LogP contribution < -0.4 is 4.90 Å². The Hall–Kier alpha value is -2.43. The van der Waals surface area contributed by atoms with Gasteiger partial charge in [-0.15, -0.1) is 0 Å². The normalized spacial score (nSPS) is 15.2. The highest BCUT2D eigenvalue weighted by Crippen LogP contribution is 2.19. The molecule has 1 aliphatic heterocycles. The van der Waals surface area contributed by atoms with Crippen molar-refractivity contribution in [3.63, 3.8) is 0 Å². The van der Waals surface area contributed by atoms with Crippen molar-refractivity contribution in [3.05, 3.63) is 53.9 Å². The van der Waals surface area contributed by atoms with Gasteiger partial charge in [-0.2, -0.15) is 0 Å². The van der Waals surface area contributed by atoms with E-state index in [2.05, 4.69) is 40.8 Å². The quantitative estimate of drug-likeness (QED) is 0.839. The molecule has 1 saturated heterocycles. The molecule has 1 fully saturated rings. The molecule has 5 heteroatoms. The first-order valence-electron chi connectivity index (χ1n) is 9.08. The molecule has 1 aromatic heterocycles. The average Bonchev–Trinajstić information content (AvgIpc) is 2.67. The van der Waals surface area contributed by atoms with Crippen LogP contribution in [0.25, 0.3) is 0 Å². The van der Waals surface area contributed by atoms with Crippen molar-refractivity contribution in [2.75, 3.05) is 24.5 Å². The topological polar surface area (TPSA) is 49.3 Å². The first kappa shape index (κ1) is 17.4. The predicted octanol–water partition coefficient (Wildman–Crippen LogP) is 3.38. The number of aromatic nitrogens is 2. The van der Waals surface area contributed by atoms with Crippen LogP contribution in [0.1, 0.15) is 42.7 Å². The summed E-state index contributed by atoms with van der Waals surface area (Å²) in [6.45, 7) is 7.48. The van der Waals surface area contributed by atoms with Crippen molar-refractivity contribution in [1.29, 1.82) is 0 Å². The Morgan fingerprint density at radius 1 is 1.20 bits per heavy atom. The van der Waals surface area contributed by atoms with Crippen LogP contribution in [0.4, 0.5) is 5.95 Å². The van der Waals surface area contributed by atoms with Gasteiger partial charge in [-0.1, -0.05) is 37.3 Å². The largest absolute Gasteiger partial charge is 0.337 e. The summed E-state index contributed by atoms with van der Waals surface area (Å²) in [5, 5.41) is 0. The molecule has 2 aromatic rings. The van der Waals surface area contributed by atoms with Gasteiger partial charge in [-0.05, 0) is 37.3 Å².